The lowest BCUT2D eigenvalue weighted by Gasteiger charge is -2.54. The van der Waals surface area contributed by atoms with E-state index in [-0.39, 0.29) is 36.6 Å². The second kappa shape index (κ2) is 14.0. The first-order valence-electron chi connectivity index (χ1n) is 17.8. The van der Waals surface area contributed by atoms with E-state index in [0.29, 0.717) is 23.3 Å². The number of fused-ring (bicyclic) bond motifs is 5. The summed E-state index contributed by atoms with van der Waals surface area (Å²) in [5, 5.41) is 1.81. The van der Waals surface area contributed by atoms with Crippen molar-refractivity contribution in [3.63, 3.8) is 0 Å². The molecule has 2 saturated heterocycles. The number of benzene rings is 2. The van der Waals surface area contributed by atoms with E-state index in [1.54, 1.807) is 0 Å². The number of ether oxygens (including phenoxy) is 4. The lowest BCUT2D eigenvalue weighted by Crippen LogP contribution is -2.48. The van der Waals surface area contributed by atoms with Crippen molar-refractivity contribution in [1.82, 2.24) is 5.32 Å². The van der Waals surface area contributed by atoms with Crippen LogP contribution >= 0.6 is 0 Å². The molecule has 0 spiro atoms. The first-order chi connectivity index (χ1) is 23.2. The largest absolute Gasteiger partial charge is 0.471 e. The Morgan fingerprint density at radius 3 is 2.42 bits per heavy atom. The molecule has 2 aromatic carbocycles. The number of amides is 1. The number of halogens is 3. The number of rotatable bonds is 6. The molecule has 8 atom stereocenters. The summed E-state index contributed by atoms with van der Waals surface area (Å²) >= 11 is 0. The van der Waals surface area contributed by atoms with Gasteiger partial charge in [-0.25, -0.2) is 0 Å². The smallest absolute Gasteiger partial charge is 0.465 e. The summed E-state index contributed by atoms with van der Waals surface area (Å²) in [4.78, 5) is 11.1. The van der Waals surface area contributed by atoms with Crippen LogP contribution in [0.5, 0.6) is 5.75 Å². The van der Waals surface area contributed by atoms with Crippen LogP contribution < -0.4 is 10.1 Å². The van der Waals surface area contributed by atoms with Crippen molar-refractivity contribution in [2.75, 3.05) is 19.8 Å². The van der Waals surface area contributed by atoms with Crippen LogP contribution in [0.2, 0.25) is 0 Å². The van der Waals surface area contributed by atoms with E-state index < -0.39 is 12.1 Å². The van der Waals surface area contributed by atoms with Gasteiger partial charge in [0.1, 0.15) is 5.75 Å². The minimum Gasteiger partial charge on any atom is -0.465 e. The molecule has 9 heteroatoms. The molecule has 1 amide bonds. The van der Waals surface area contributed by atoms with Crippen molar-refractivity contribution in [3.05, 3.63) is 64.7 Å². The number of hydrogen-bond acceptors (Lipinski definition) is 5. The minimum atomic E-state index is -4.92. The third kappa shape index (κ3) is 6.99. The maximum atomic E-state index is 12.5. The van der Waals surface area contributed by atoms with Crippen molar-refractivity contribution in [2.24, 2.45) is 17.3 Å². The second-order valence-electron chi connectivity index (χ2n) is 14.5. The van der Waals surface area contributed by atoms with Gasteiger partial charge in [0.05, 0.1) is 19.3 Å². The average Bonchev–Trinajstić information content (AvgIpc) is 3.42. The molecule has 4 fully saturated rings. The summed E-state index contributed by atoms with van der Waals surface area (Å²) in [5.41, 5.74) is 4.73. The lowest BCUT2D eigenvalue weighted by atomic mass is 9.51. The topological polar surface area (TPSA) is 66.0 Å². The number of hydrogen-bond donors (Lipinski definition) is 1. The SMILES string of the molecule is C[C@]12C[C@H](c3ccc(C#CCNC(=O)C(F)(F)F)cc3)[C@@H]3c4ccc(OC5CCCCO5)cc4CC[C@H]3[C@@H]1CC[C@@H]2OC1CCCCO1. The fourth-order valence-corrected chi connectivity index (χ4v) is 9.40. The second-order valence-corrected chi connectivity index (χ2v) is 14.5. The average molecular weight is 666 g/mol. The van der Waals surface area contributed by atoms with Crippen LogP contribution in [0.25, 0.3) is 0 Å². The Hall–Kier alpha value is -3.06. The zero-order valence-corrected chi connectivity index (χ0v) is 27.7. The molecule has 7 rings (SSSR count). The first-order valence-corrected chi connectivity index (χ1v) is 17.8. The molecular formula is C39H46F3NO5. The number of nitrogens with one attached hydrogen (secondary N) is 1. The minimum absolute atomic E-state index is 0.0146. The van der Waals surface area contributed by atoms with Gasteiger partial charge in [0.25, 0.3) is 0 Å². The van der Waals surface area contributed by atoms with E-state index in [2.05, 4.69) is 49.1 Å². The van der Waals surface area contributed by atoms with Crippen LogP contribution in [-0.2, 0) is 25.4 Å². The maximum Gasteiger partial charge on any atom is 0.471 e. The quantitative estimate of drug-likeness (QED) is 0.320. The van der Waals surface area contributed by atoms with E-state index in [1.807, 2.05) is 17.4 Å². The van der Waals surface area contributed by atoms with Gasteiger partial charge in [-0.1, -0.05) is 37.0 Å². The molecule has 258 valence electrons. The van der Waals surface area contributed by atoms with E-state index in [0.717, 1.165) is 89.6 Å². The van der Waals surface area contributed by atoms with Gasteiger partial charge in [0.2, 0.25) is 0 Å². The first kappa shape index (κ1) is 33.4. The highest BCUT2D eigenvalue weighted by molar-refractivity contribution is 5.81. The Labute approximate surface area is 281 Å². The lowest BCUT2D eigenvalue weighted by molar-refractivity contribution is -0.213. The molecule has 5 aliphatic rings. The number of carbonyl (C=O) groups is 1. The fraction of sp³-hybridized carbons (Fsp3) is 0.615. The van der Waals surface area contributed by atoms with Crippen molar-refractivity contribution in [1.29, 1.82) is 0 Å². The predicted molar refractivity (Wildman–Crippen MR) is 174 cm³/mol. The summed E-state index contributed by atoms with van der Waals surface area (Å²) in [6.45, 7) is 3.60. The standard InChI is InChI=1S/C39H46F3NO5/c1-38-24-31(26-12-10-25(11-13-26)7-6-20-43-37(44)39(40,41)42)36-29-17-15-28(47-34-8-2-4-21-45-34)23-27(29)14-16-30(36)32(38)18-19-33(38)48-35-9-3-5-22-46-35/h10-13,15,17,23,30-36H,2-5,8-9,14,16,18-22,24H2,1H3,(H,43,44)/t30-,31+,32-,33-,34?,35?,36+,38-/m0/s1. The van der Waals surface area contributed by atoms with Crippen LogP contribution in [0.4, 0.5) is 13.2 Å². The van der Waals surface area contributed by atoms with Crippen LogP contribution in [0.15, 0.2) is 42.5 Å². The van der Waals surface area contributed by atoms with Crippen LogP contribution in [-0.4, -0.2) is 50.5 Å². The Kier molecular flexibility index (Phi) is 9.79. The van der Waals surface area contributed by atoms with Crippen molar-refractivity contribution in [2.45, 2.75) is 114 Å². The molecule has 3 aliphatic carbocycles. The van der Waals surface area contributed by atoms with Crippen LogP contribution in [0.3, 0.4) is 0 Å². The predicted octanol–water partition coefficient (Wildman–Crippen LogP) is 7.78. The summed E-state index contributed by atoms with van der Waals surface area (Å²) in [6, 6.07) is 14.8. The Morgan fingerprint density at radius 1 is 0.958 bits per heavy atom. The molecule has 2 aromatic rings. The van der Waals surface area contributed by atoms with Gasteiger partial charge in [0, 0.05) is 18.6 Å². The Bertz CT molecular complexity index is 1500. The number of alkyl halides is 3. The molecule has 48 heavy (non-hydrogen) atoms. The molecule has 1 N–H and O–H groups in total. The van der Waals surface area contributed by atoms with Gasteiger partial charge in [-0.15, -0.1) is 0 Å². The molecule has 6 nitrogen and oxygen atoms in total. The van der Waals surface area contributed by atoms with Gasteiger partial charge in [0.15, 0.2) is 12.6 Å². The molecule has 0 aromatic heterocycles. The van der Waals surface area contributed by atoms with Crippen molar-refractivity contribution >= 4 is 5.91 Å². The summed E-state index contributed by atoms with van der Waals surface area (Å²) in [5.74, 6) is 6.14. The maximum absolute atomic E-state index is 12.5. The van der Waals surface area contributed by atoms with Gasteiger partial charge in [-0.2, -0.15) is 13.2 Å². The summed E-state index contributed by atoms with van der Waals surface area (Å²) in [7, 11) is 0. The zero-order chi connectivity index (χ0) is 33.3. The third-order valence-corrected chi connectivity index (χ3v) is 11.6. The molecule has 0 bridgehead atoms. The summed E-state index contributed by atoms with van der Waals surface area (Å²) in [6.07, 6.45) is 6.62. The van der Waals surface area contributed by atoms with Gasteiger partial charge in [-0.3, -0.25) is 4.79 Å². The van der Waals surface area contributed by atoms with Crippen molar-refractivity contribution < 1.29 is 36.9 Å². The molecule has 2 saturated carbocycles. The van der Waals surface area contributed by atoms with E-state index >= 15 is 0 Å². The highest BCUT2D eigenvalue weighted by Gasteiger charge is 2.59. The molecule has 0 radical (unpaired) electrons. The number of aryl methyl sites for hydroxylation is 1. The summed E-state index contributed by atoms with van der Waals surface area (Å²) < 4.78 is 62.5. The van der Waals surface area contributed by atoms with E-state index in [9.17, 15) is 18.0 Å². The van der Waals surface area contributed by atoms with Gasteiger partial charge in [-0.05, 0) is 134 Å². The van der Waals surface area contributed by atoms with E-state index in [4.69, 9.17) is 18.9 Å². The van der Waals surface area contributed by atoms with Crippen molar-refractivity contribution in [3.8, 4) is 17.6 Å². The van der Waals surface area contributed by atoms with E-state index in [1.165, 1.54) is 16.7 Å². The fourth-order valence-electron chi connectivity index (χ4n) is 9.40. The normalized spacial score (nSPS) is 33.0. The number of carbonyl (C=O) groups excluding carboxylic acids is 1. The zero-order valence-electron chi connectivity index (χ0n) is 27.7. The van der Waals surface area contributed by atoms with Crippen LogP contribution in [0.1, 0.15) is 105 Å². The molecule has 2 heterocycles. The third-order valence-electron chi connectivity index (χ3n) is 11.6. The highest BCUT2D eigenvalue weighted by atomic mass is 19.4. The van der Waals surface area contributed by atoms with Crippen LogP contribution in [0, 0.1) is 29.1 Å². The molecule has 2 aliphatic heterocycles. The van der Waals surface area contributed by atoms with Gasteiger partial charge >= 0.3 is 12.1 Å². The molecular weight excluding hydrogens is 619 g/mol. The molecule has 2 unspecified atom stereocenters. The highest BCUT2D eigenvalue weighted by Crippen LogP contribution is 2.65. The Morgan fingerprint density at radius 2 is 1.71 bits per heavy atom. The Balaban J connectivity index is 1.15. The monoisotopic (exact) mass is 665 g/mol. The van der Waals surface area contributed by atoms with Gasteiger partial charge < -0.3 is 24.3 Å².